The number of hydrogen-bond donors (Lipinski definition) is 2. The van der Waals surface area contributed by atoms with Gasteiger partial charge >= 0.3 is 0 Å². The van der Waals surface area contributed by atoms with Gasteiger partial charge in [0.15, 0.2) is 0 Å². The number of ether oxygens (including phenoxy) is 1. The van der Waals surface area contributed by atoms with Crippen LogP contribution in [0.4, 0.5) is 4.39 Å². The maximum absolute atomic E-state index is 13.1. The van der Waals surface area contributed by atoms with Gasteiger partial charge in [0, 0.05) is 37.3 Å². The predicted octanol–water partition coefficient (Wildman–Crippen LogP) is 1.31. The second-order valence-corrected chi connectivity index (χ2v) is 6.49. The lowest BCUT2D eigenvalue weighted by Gasteiger charge is -2.33. The predicted molar refractivity (Wildman–Crippen MR) is 85.6 cm³/mol. The van der Waals surface area contributed by atoms with E-state index < -0.39 is 0 Å². The van der Waals surface area contributed by atoms with Crippen LogP contribution in [0.25, 0.3) is 11.3 Å². The summed E-state index contributed by atoms with van der Waals surface area (Å²) in [7, 11) is 0. The van der Waals surface area contributed by atoms with E-state index in [1.54, 1.807) is 12.1 Å². The zero-order chi connectivity index (χ0) is 16.6. The minimum Gasteiger partial charge on any atom is -0.362 e. The Labute approximate surface area is 139 Å². The molecule has 0 radical (unpaired) electrons. The van der Waals surface area contributed by atoms with Gasteiger partial charge in [-0.2, -0.15) is 5.10 Å². The number of H-pyrrole nitrogens is 1. The number of rotatable bonds is 3. The summed E-state index contributed by atoms with van der Waals surface area (Å²) in [6.45, 7) is 3.13. The molecule has 1 aromatic heterocycles. The van der Waals surface area contributed by atoms with E-state index in [0.29, 0.717) is 6.54 Å². The summed E-state index contributed by atoms with van der Waals surface area (Å²) in [5, 5.41) is 10.0. The highest BCUT2D eigenvalue weighted by atomic mass is 19.1. The largest absolute Gasteiger partial charge is 0.362 e. The number of amides is 1. The smallest absolute Gasteiger partial charge is 0.246 e. The van der Waals surface area contributed by atoms with Crippen LogP contribution in [-0.4, -0.2) is 52.8 Å². The molecule has 0 bridgehead atoms. The number of nitrogens with one attached hydrogen (secondary N) is 2. The Morgan fingerprint density at radius 3 is 2.92 bits per heavy atom. The highest BCUT2D eigenvalue weighted by Gasteiger charge is 2.42. The Morgan fingerprint density at radius 1 is 1.33 bits per heavy atom. The van der Waals surface area contributed by atoms with Crippen LogP contribution in [0.5, 0.6) is 0 Å². The van der Waals surface area contributed by atoms with Crippen molar-refractivity contribution in [3.05, 3.63) is 41.8 Å². The summed E-state index contributed by atoms with van der Waals surface area (Å²) in [5.41, 5.74) is 2.62. The highest BCUT2D eigenvalue weighted by Crippen LogP contribution is 2.29. The number of aromatic amines is 1. The van der Waals surface area contributed by atoms with Gasteiger partial charge in [0.2, 0.25) is 5.91 Å². The monoisotopic (exact) mass is 330 g/mol. The van der Waals surface area contributed by atoms with Crippen molar-refractivity contribution in [3.8, 4) is 11.3 Å². The number of nitrogens with zero attached hydrogens (tertiary/aromatic N) is 2. The summed E-state index contributed by atoms with van der Waals surface area (Å²) in [6, 6.07) is 6.39. The van der Waals surface area contributed by atoms with E-state index in [1.807, 2.05) is 6.20 Å². The number of hydrogen-bond acceptors (Lipinski definition) is 4. The van der Waals surface area contributed by atoms with Crippen molar-refractivity contribution >= 4 is 5.91 Å². The van der Waals surface area contributed by atoms with Crippen LogP contribution in [0, 0.1) is 5.82 Å². The molecular formula is C17H19FN4O2. The summed E-state index contributed by atoms with van der Waals surface area (Å²) >= 11 is 0. The summed E-state index contributed by atoms with van der Waals surface area (Å²) in [6.07, 6.45) is 2.71. The lowest BCUT2D eigenvalue weighted by Crippen LogP contribution is -2.53. The molecule has 3 heterocycles. The maximum Gasteiger partial charge on any atom is 0.246 e. The Kier molecular flexibility index (Phi) is 3.82. The molecule has 1 amide bonds. The van der Waals surface area contributed by atoms with Gasteiger partial charge in [0.05, 0.1) is 17.5 Å². The average molecular weight is 330 g/mol. The fourth-order valence-electron chi connectivity index (χ4n) is 3.44. The molecule has 2 N–H and O–H groups in total. The van der Waals surface area contributed by atoms with Crippen LogP contribution in [0.1, 0.15) is 12.0 Å². The van der Waals surface area contributed by atoms with Gasteiger partial charge in [0.25, 0.3) is 0 Å². The molecule has 1 spiro atoms. The standard InChI is InChI=1S/C17H19FN4O2/c18-14-3-1-12(2-4-14)16-13(7-20-21-16)8-22-6-5-17(11-22)10-19-15(23)9-24-17/h1-4,7H,5-6,8-11H2,(H,19,23)(H,20,21). The normalized spacial score (nSPS) is 24.5. The number of morpholine rings is 1. The summed E-state index contributed by atoms with van der Waals surface area (Å²) in [4.78, 5) is 13.6. The van der Waals surface area contributed by atoms with Crippen LogP contribution in [0.3, 0.4) is 0 Å². The number of halogens is 1. The van der Waals surface area contributed by atoms with Gasteiger partial charge in [-0.05, 0) is 30.7 Å². The fourth-order valence-corrected chi connectivity index (χ4v) is 3.44. The minimum atomic E-state index is -0.270. The Morgan fingerprint density at radius 2 is 2.17 bits per heavy atom. The van der Waals surface area contributed by atoms with Crippen LogP contribution < -0.4 is 5.32 Å². The number of carbonyl (C=O) groups is 1. The van der Waals surface area contributed by atoms with Crippen LogP contribution in [0.15, 0.2) is 30.5 Å². The van der Waals surface area contributed by atoms with Crippen molar-refractivity contribution in [2.24, 2.45) is 0 Å². The van der Waals surface area contributed by atoms with Crippen molar-refractivity contribution < 1.29 is 13.9 Å². The molecule has 7 heteroatoms. The van der Waals surface area contributed by atoms with Gasteiger partial charge in [-0.15, -0.1) is 0 Å². The van der Waals surface area contributed by atoms with Gasteiger partial charge in [-0.1, -0.05) is 0 Å². The van der Waals surface area contributed by atoms with E-state index in [4.69, 9.17) is 4.74 Å². The van der Waals surface area contributed by atoms with Crippen molar-refractivity contribution in [2.75, 3.05) is 26.2 Å². The highest BCUT2D eigenvalue weighted by molar-refractivity contribution is 5.78. The Balaban J connectivity index is 1.46. The Bertz CT molecular complexity index is 733. The van der Waals surface area contributed by atoms with Crippen LogP contribution in [0.2, 0.25) is 0 Å². The summed E-state index contributed by atoms with van der Waals surface area (Å²) < 4.78 is 18.9. The van der Waals surface area contributed by atoms with Crippen LogP contribution >= 0.6 is 0 Å². The van der Waals surface area contributed by atoms with E-state index in [0.717, 1.165) is 42.9 Å². The summed E-state index contributed by atoms with van der Waals surface area (Å²) in [5.74, 6) is -0.301. The van der Waals surface area contributed by atoms with E-state index in [-0.39, 0.29) is 23.9 Å². The van der Waals surface area contributed by atoms with Crippen molar-refractivity contribution in [1.29, 1.82) is 0 Å². The van der Waals surface area contributed by atoms with Gasteiger partial charge in [-0.3, -0.25) is 14.8 Å². The average Bonchev–Trinajstić information content (AvgIpc) is 3.20. The topological polar surface area (TPSA) is 70.2 Å². The zero-order valence-electron chi connectivity index (χ0n) is 13.2. The lowest BCUT2D eigenvalue weighted by molar-refractivity contribution is -0.142. The number of benzene rings is 1. The molecule has 2 aromatic rings. The molecule has 1 aromatic carbocycles. The Hall–Kier alpha value is -2.25. The minimum absolute atomic E-state index is 0.0486. The first kappa shape index (κ1) is 15.3. The first-order valence-electron chi connectivity index (χ1n) is 8.05. The first-order valence-corrected chi connectivity index (χ1v) is 8.05. The second kappa shape index (κ2) is 5.99. The fraction of sp³-hybridized carbons (Fsp3) is 0.412. The molecule has 2 aliphatic rings. The first-order chi connectivity index (χ1) is 11.6. The molecule has 1 atom stereocenters. The van der Waals surface area contributed by atoms with Gasteiger partial charge < -0.3 is 10.1 Å². The van der Waals surface area contributed by atoms with Crippen molar-refractivity contribution in [1.82, 2.24) is 20.4 Å². The molecule has 4 rings (SSSR count). The van der Waals surface area contributed by atoms with Gasteiger partial charge in [-0.25, -0.2) is 4.39 Å². The van der Waals surface area contributed by atoms with E-state index in [9.17, 15) is 9.18 Å². The molecule has 0 aliphatic carbocycles. The second-order valence-electron chi connectivity index (χ2n) is 6.49. The molecule has 2 aliphatic heterocycles. The molecule has 2 saturated heterocycles. The van der Waals surface area contributed by atoms with Crippen molar-refractivity contribution in [2.45, 2.75) is 18.6 Å². The third kappa shape index (κ3) is 2.92. The molecule has 24 heavy (non-hydrogen) atoms. The molecule has 2 fully saturated rings. The van der Waals surface area contributed by atoms with Crippen LogP contribution in [-0.2, 0) is 16.1 Å². The lowest BCUT2D eigenvalue weighted by atomic mass is 10.0. The number of carbonyl (C=O) groups excluding carboxylic acids is 1. The molecule has 6 nitrogen and oxygen atoms in total. The zero-order valence-corrected chi connectivity index (χ0v) is 13.2. The SMILES string of the molecule is O=C1COC2(CCN(Cc3cn[nH]c3-c3ccc(F)cc3)C2)CN1. The number of aromatic nitrogens is 2. The quantitative estimate of drug-likeness (QED) is 0.890. The molecular weight excluding hydrogens is 311 g/mol. The van der Waals surface area contributed by atoms with E-state index in [1.165, 1.54) is 12.1 Å². The third-order valence-electron chi connectivity index (χ3n) is 4.76. The third-order valence-corrected chi connectivity index (χ3v) is 4.76. The van der Waals surface area contributed by atoms with Gasteiger partial charge in [0.1, 0.15) is 12.4 Å². The molecule has 126 valence electrons. The number of likely N-dealkylation sites (tertiary alicyclic amines) is 1. The molecule has 1 unspecified atom stereocenters. The maximum atomic E-state index is 13.1. The van der Waals surface area contributed by atoms with E-state index in [2.05, 4.69) is 20.4 Å². The van der Waals surface area contributed by atoms with E-state index >= 15 is 0 Å². The van der Waals surface area contributed by atoms with Crippen molar-refractivity contribution in [3.63, 3.8) is 0 Å². The molecule has 0 saturated carbocycles.